The Kier molecular flexibility index (Phi) is 3.99. The fraction of sp³-hybridized carbons (Fsp3) is 0.118. The Morgan fingerprint density at radius 1 is 1.08 bits per heavy atom. The number of methoxy groups -OCH3 is 2. The van der Waals surface area contributed by atoms with E-state index in [9.17, 15) is 14.8 Å². The number of halogens is 1. The van der Waals surface area contributed by atoms with Crippen LogP contribution in [0.2, 0.25) is 5.02 Å². The minimum Gasteiger partial charge on any atom is -0.507 e. The zero-order chi connectivity index (χ0) is 17.4. The topological polar surface area (TPSA) is 85.2 Å². The van der Waals surface area contributed by atoms with Crippen LogP contribution < -0.4 is 9.47 Å². The zero-order valence-corrected chi connectivity index (χ0v) is 13.5. The van der Waals surface area contributed by atoms with Crippen LogP contribution in [0.1, 0.15) is 10.4 Å². The second-order valence-electron chi connectivity index (χ2n) is 5.00. The molecule has 0 saturated carbocycles. The summed E-state index contributed by atoms with van der Waals surface area (Å²) in [6.07, 6.45) is 0.504. The largest absolute Gasteiger partial charge is 0.507 e. The summed E-state index contributed by atoms with van der Waals surface area (Å²) in [5, 5.41) is 15.0. The van der Waals surface area contributed by atoms with Crippen molar-refractivity contribution < 1.29 is 19.4 Å². The average molecular weight is 346 g/mol. The van der Waals surface area contributed by atoms with Gasteiger partial charge in [0.15, 0.2) is 6.29 Å². The third-order valence-corrected chi connectivity index (χ3v) is 4.29. The molecule has 0 heterocycles. The lowest BCUT2D eigenvalue weighted by molar-refractivity contribution is 0.112. The molecule has 3 aromatic rings. The van der Waals surface area contributed by atoms with Crippen LogP contribution in [0, 0.1) is 4.91 Å². The van der Waals surface area contributed by atoms with Crippen LogP contribution in [0.4, 0.5) is 5.69 Å². The first-order valence-electron chi connectivity index (χ1n) is 6.90. The van der Waals surface area contributed by atoms with Crippen molar-refractivity contribution >= 4 is 45.1 Å². The molecule has 0 fully saturated rings. The van der Waals surface area contributed by atoms with E-state index in [0.717, 1.165) is 0 Å². The van der Waals surface area contributed by atoms with Gasteiger partial charge in [-0.15, -0.1) is 4.91 Å². The van der Waals surface area contributed by atoms with E-state index in [2.05, 4.69) is 5.18 Å². The maximum absolute atomic E-state index is 11.5. The number of fused-ring (bicyclic) bond motifs is 2. The molecule has 0 radical (unpaired) electrons. The molecule has 0 atom stereocenters. The third-order valence-electron chi connectivity index (χ3n) is 3.91. The number of aldehydes is 1. The lowest BCUT2D eigenvalue weighted by Gasteiger charge is -2.18. The van der Waals surface area contributed by atoms with Gasteiger partial charge in [0.05, 0.1) is 35.6 Å². The molecule has 6 nitrogen and oxygen atoms in total. The van der Waals surface area contributed by atoms with Gasteiger partial charge in [-0.1, -0.05) is 35.9 Å². The molecule has 0 bridgehead atoms. The number of hydrogen-bond acceptors (Lipinski definition) is 6. The van der Waals surface area contributed by atoms with Gasteiger partial charge in [-0.05, 0) is 5.18 Å². The van der Waals surface area contributed by atoms with Crippen LogP contribution in [0.3, 0.4) is 0 Å². The average Bonchev–Trinajstić information content (AvgIpc) is 2.61. The van der Waals surface area contributed by atoms with E-state index >= 15 is 0 Å². The second kappa shape index (κ2) is 5.98. The van der Waals surface area contributed by atoms with Gasteiger partial charge in [0, 0.05) is 10.8 Å². The fourth-order valence-corrected chi connectivity index (χ4v) is 3.22. The number of carbonyl (C=O) groups excluding carboxylic acids is 1. The Morgan fingerprint density at radius 3 is 2.25 bits per heavy atom. The minimum atomic E-state index is -0.137. The number of benzene rings is 3. The molecule has 0 aliphatic rings. The number of rotatable bonds is 4. The van der Waals surface area contributed by atoms with Crippen molar-refractivity contribution in [2.24, 2.45) is 5.18 Å². The number of hydrogen-bond donors (Lipinski definition) is 1. The molecule has 0 spiro atoms. The van der Waals surface area contributed by atoms with Gasteiger partial charge in [0.25, 0.3) is 0 Å². The Balaban J connectivity index is 2.78. The van der Waals surface area contributed by atoms with Crippen molar-refractivity contribution in [3.05, 3.63) is 39.8 Å². The summed E-state index contributed by atoms with van der Waals surface area (Å²) < 4.78 is 10.6. The van der Waals surface area contributed by atoms with Gasteiger partial charge in [0.1, 0.15) is 22.9 Å². The van der Waals surface area contributed by atoms with E-state index < -0.39 is 0 Å². The summed E-state index contributed by atoms with van der Waals surface area (Å²) in [6, 6.07) is 6.72. The molecule has 3 rings (SSSR count). The Hall–Kier alpha value is -2.86. The van der Waals surface area contributed by atoms with Crippen LogP contribution in [-0.2, 0) is 0 Å². The van der Waals surface area contributed by atoms with Crippen LogP contribution >= 0.6 is 11.6 Å². The Bertz CT molecular complexity index is 1000. The van der Waals surface area contributed by atoms with Gasteiger partial charge in [-0.3, -0.25) is 4.79 Å². The molecule has 0 amide bonds. The van der Waals surface area contributed by atoms with E-state index in [-0.39, 0.29) is 44.3 Å². The first-order chi connectivity index (χ1) is 11.6. The molecule has 1 N–H and O–H groups in total. The molecule has 0 aromatic heterocycles. The molecule has 24 heavy (non-hydrogen) atoms. The Labute approximate surface area is 141 Å². The van der Waals surface area contributed by atoms with E-state index in [4.69, 9.17) is 21.1 Å². The molecule has 122 valence electrons. The smallest absolute Gasteiger partial charge is 0.155 e. The fourth-order valence-electron chi connectivity index (χ4n) is 2.91. The highest BCUT2D eigenvalue weighted by Gasteiger charge is 2.27. The predicted octanol–water partition coefficient (Wildman–Crippen LogP) is 4.58. The number of nitrogens with zero attached hydrogens (tertiary/aromatic N) is 1. The van der Waals surface area contributed by atoms with Crippen LogP contribution in [-0.4, -0.2) is 25.6 Å². The maximum Gasteiger partial charge on any atom is 0.155 e. The first kappa shape index (κ1) is 16.0. The highest BCUT2D eigenvalue weighted by atomic mass is 35.5. The van der Waals surface area contributed by atoms with E-state index in [1.165, 1.54) is 14.2 Å². The standard InChI is InChI=1S/C17H12ClNO5/c1-23-16-10(7-20)13(18)17(24-2)12-11(16)14(19-22)8-5-3-4-6-9(8)15(12)21/h3-7,21H,1-2H3. The molecule has 0 aliphatic carbocycles. The molecular formula is C17H12ClNO5. The molecule has 0 unspecified atom stereocenters. The van der Waals surface area contributed by atoms with Crippen LogP contribution in [0.15, 0.2) is 29.4 Å². The molecule has 3 aromatic carbocycles. The van der Waals surface area contributed by atoms with Crippen molar-refractivity contribution in [3.8, 4) is 17.2 Å². The van der Waals surface area contributed by atoms with E-state index in [0.29, 0.717) is 17.1 Å². The lowest BCUT2D eigenvalue weighted by Crippen LogP contribution is -1.98. The predicted molar refractivity (Wildman–Crippen MR) is 92.1 cm³/mol. The van der Waals surface area contributed by atoms with Gasteiger partial charge < -0.3 is 14.6 Å². The van der Waals surface area contributed by atoms with E-state index in [1.807, 2.05) is 0 Å². The summed E-state index contributed by atoms with van der Waals surface area (Å²) in [7, 11) is 2.69. The molecule has 0 saturated heterocycles. The highest BCUT2D eigenvalue weighted by molar-refractivity contribution is 6.37. The van der Waals surface area contributed by atoms with Crippen molar-refractivity contribution in [1.82, 2.24) is 0 Å². The molecular weight excluding hydrogens is 334 g/mol. The van der Waals surface area contributed by atoms with Crippen LogP contribution in [0.25, 0.3) is 21.5 Å². The van der Waals surface area contributed by atoms with Gasteiger partial charge in [-0.25, -0.2) is 0 Å². The van der Waals surface area contributed by atoms with Gasteiger partial charge in [0.2, 0.25) is 0 Å². The summed E-state index contributed by atoms with van der Waals surface area (Å²) >= 11 is 6.23. The second-order valence-corrected chi connectivity index (χ2v) is 5.37. The normalized spacial score (nSPS) is 10.8. The van der Waals surface area contributed by atoms with Crippen LogP contribution in [0.5, 0.6) is 17.2 Å². The number of nitroso groups, excluding NO2 is 1. The molecule has 7 heteroatoms. The van der Waals surface area contributed by atoms with Crippen molar-refractivity contribution in [1.29, 1.82) is 0 Å². The summed E-state index contributed by atoms with van der Waals surface area (Å²) in [6.45, 7) is 0. The van der Waals surface area contributed by atoms with E-state index in [1.54, 1.807) is 24.3 Å². The number of ether oxygens (including phenoxy) is 2. The van der Waals surface area contributed by atoms with Crippen molar-refractivity contribution in [2.45, 2.75) is 0 Å². The lowest BCUT2D eigenvalue weighted by atomic mass is 9.96. The summed E-state index contributed by atoms with van der Waals surface area (Å²) in [4.78, 5) is 23.0. The monoisotopic (exact) mass is 345 g/mol. The quantitative estimate of drug-likeness (QED) is 0.425. The highest BCUT2D eigenvalue weighted by Crippen LogP contribution is 2.53. The number of phenols is 1. The van der Waals surface area contributed by atoms with Crippen molar-refractivity contribution in [3.63, 3.8) is 0 Å². The third kappa shape index (κ3) is 2.00. The first-order valence-corrected chi connectivity index (χ1v) is 7.27. The van der Waals surface area contributed by atoms with Crippen molar-refractivity contribution in [2.75, 3.05) is 14.2 Å². The van der Waals surface area contributed by atoms with Gasteiger partial charge >= 0.3 is 0 Å². The summed E-state index contributed by atoms with van der Waals surface area (Å²) in [5.41, 5.74) is 0.0522. The van der Waals surface area contributed by atoms with Gasteiger partial charge in [-0.2, -0.15) is 0 Å². The molecule has 0 aliphatic heterocycles. The SMILES string of the molecule is COc1c(Cl)c(C=O)c(OC)c2c(N=O)c3ccccc3c(O)c12. The number of phenolic OH excluding ortho intramolecular Hbond substituents is 1. The number of carbonyl (C=O) groups is 1. The summed E-state index contributed by atoms with van der Waals surface area (Å²) in [5.74, 6) is -0.00771. The Morgan fingerprint density at radius 2 is 1.71 bits per heavy atom. The minimum absolute atomic E-state index is 0.0146. The zero-order valence-electron chi connectivity index (χ0n) is 12.8. The maximum atomic E-state index is 11.5. The number of aromatic hydroxyl groups is 1.